The normalized spacial score (nSPS) is 11.3. The van der Waals surface area contributed by atoms with Crippen molar-refractivity contribution in [3.8, 4) is 0 Å². The summed E-state index contributed by atoms with van der Waals surface area (Å²) in [5.74, 6) is 0. The number of fused-ring (bicyclic) bond motifs is 1. The van der Waals surface area contributed by atoms with Crippen LogP contribution in [0, 0.1) is 6.92 Å². The van der Waals surface area contributed by atoms with Crippen molar-refractivity contribution < 1.29 is 0 Å². The minimum Gasteiger partial charge on any atom is -0.388 e. The highest BCUT2D eigenvalue weighted by molar-refractivity contribution is 5.95. The molecule has 0 aromatic heterocycles. The fourth-order valence-corrected chi connectivity index (χ4v) is 2.50. The smallest absolute Gasteiger partial charge is 0.0373 e. The summed E-state index contributed by atoms with van der Waals surface area (Å²) in [4.78, 5) is 0. The van der Waals surface area contributed by atoms with Gasteiger partial charge in [-0.15, -0.1) is 0 Å². The van der Waals surface area contributed by atoms with E-state index in [1.807, 2.05) is 7.05 Å². The molecule has 1 N–H and O–H groups in total. The summed E-state index contributed by atoms with van der Waals surface area (Å²) < 4.78 is 0. The lowest BCUT2D eigenvalue weighted by Gasteiger charge is -2.12. The Morgan fingerprint density at radius 2 is 2.00 bits per heavy atom. The van der Waals surface area contributed by atoms with Gasteiger partial charge in [-0.1, -0.05) is 31.2 Å². The molecule has 0 aliphatic rings. The molecule has 0 saturated heterocycles. The van der Waals surface area contributed by atoms with E-state index in [1.54, 1.807) is 0 Å². The van der Waals surface area contributed by atoms with Crippen LogP contribution in [-0.4, -0.2) is 7.05 Å². The predicted molar refractivity (Wildman–Crippen MR) is 82.3 cm³/mol. The highest BCUT2D eigenvalue weighted by Crippen LogP contribution is 2.29. The number of anilines is 1. The van der Waals surface area contributed by atoms with E-state index in [0.717, 1.165) is 6.42 Å². The SMILES string of the molecule is C/C=C\c1c(CC)ccc2cc(C)c(NC)cc12. The van der Waals surface area contributed by atoms with Gasteiger partial charge in [0, 0.05) is 12.7 Å². The maximum atomic E-state index is 3.27. The lowest BCUT2D eigenvalue weighted by molar-refractivity contribution is 1.14. The van der Waals surface area contributed by atoms with E-state index in [-0.39, 0.29) is 0 Å². The molecule has 94 valence electrons. The van der Waals surface area contributed by atoms with E-state index < -0.39 is 0 Å². The first-order valence-corrected chi connectivity index (χ1v) is 6.58. The number of nitrogens with one attached hydrogen (secondary N) is 1. The molecule has 0 aliphatic heterocycles. The zero-order valence-corrected chi connectivity index (χ0v) is 11.7. The number of hydrogen-bond acceptors (Lipinski definition) is 1. The Morgan fingerprint density at radius 3 is 2.61 bits per heavy atom. The Balaban J connectivity index is 2.81. The van der Waals surface area contributed by atoms with Gasteiger partial charge >= 0.3 is 0 Å². The number of hydrogen-bond donors (Lipinski definition) is 1. The van der Waals surface area contributed by atoms with Gasteiger partial charge in [0.05, 0.1) is 0 Å². The van der Waals surface area contributed by atoms with Crippen LogP contribution in [0.1, 0.15) is 30.5 Å². The third-order valence-electron chi connectivity index (χ3n) is 3.48. The number of aryl methyl sites for hydroxylation is 2. The molecule has 0 fully saturated rings. The summed E-state index contributed by atoms with van der Waals surface area (Å²) in [7, 11) is 1.98. The Kier molecular flexibility index (Phi) is 3.71. The Bertz CT molecular complexity index is 594. The van der Waals surface area contributed by atoms with Crippen LogP contribution in [0.5, 0.6) is 0 Å². The molecule has 0 spiro atoms. The van der Waals surface area contributed by atoms with E-state index in [4.69, 9.17) is 0 Å². The summed E-state index contributed by atoms with van der Waals surface area (Å²) in [5.41, 5.74) is 5.27. The topological polar surface area (TPSA) is 12.0 Å². The fourth-order valence-electron chi connectivity index (χ4n) is 2.50. The van der Waals surface area contributed by atoms with Crippen LogP contribution in [0.15, 0.2) is 30.3 Å². The van der Waals surface area contributed by atoms with Gasteiger partial charge in [-0.3, -0.25) is 0 Å². The second-order valence-corrected chi connectivity index (χ2v) is 4.63. The van der Waals surface area contributed by atoms with Crippen molar-refractivity contribution in [1.29, 1.82) is 0 Å². The second-order valence-electron chi connectivity index (χ2n) is 4.63. The Labute approximate surface area is 110 Å². The summed E-state index contributed by atoms with van der Waals surface area (Å²) in [6.45, 7) is 6.43. The van der Waals surface area contributed by atoms with Gasteiger partial charge in [0.25, 0.3) is 0 Å². The van der Waals surface area contributed by atoms with E-state index in [0.29, 0.717) is 0 Å². The molecule has 2 aromatic carbocycles. The summed E-state index contributed by atoms with van der Waals surface area (Å²) in [6, 6.07) is 9.00. The van der Waals surface area contributed by atoms with E-state index in [9.17, 15) is 0 Å². The zero-order valence-electron chi connectivity index (χ0n) is 11.7. The van der Waals surface area contributed by atoms with Gasteiger partial charge in [-0.2, -0.15) is 0 Å². The summed E-state index contributed by atoms with van der Waals surface area (Å²) >= 11 is 0. The van der Waals surface area contributed by atoms with Gasteiger partial charge < -0.3 is 5.32 Å². The molecule has 2 rings (SSSR count). The molecule has 18 heavy (non-hydrogen) atoms. The van der Waals surface area contributed by atoms with Gasteiger partial charge in [0.2, 0.25) is 0 Å². The first kappa shape index (κ1) is 12.7. The monoisotopic (exact) mass is 239 g/mol. The largest absolute Gasteiger partial charge is 0.388 e. The third-order valence-corrected chi connectivity index (χ3v) is 3.48. The lowest BCUT2D eigenvalue weighted by atomic mass is 9.95. The molecule has 1 nitrogen and oxygen atoms in total. The second kappa shape index (κ2) is 5.26. The van der Waals surface area contributed by atoms with Crippen LogP contribution in [0.3, 0.4) is 0 Å². The van der Waals surface area contributed by atoms with Gasteiger partial charge in [0.15, 0.2) is 0 Å². The Morgan fingerprint density at radius 1 is 1.22 bits per heavy atom. The van der Waals surface area contributed by atoms with Gasteiger partial charge in [-0.25, -0.2) is 0 Å². The molecule has 1 heteroatoms. The molecule has 0 amide bonds. The molecule has 0 heterocycles. The minimum absolute atomic E-state index is 1.07. The molecular weight excluding hydrogens is 218 g/mol. The molecule has 0 aliphatic carbocycles. The van der Waals surface area contributed by atoms with Crippen molar-refractivity contribution in [3.05, 3.63) is 47.0 Å². The summed E-state index contributed by atoms with van der Waals surface area (Å²) in [5, 5.41) is 5.92. The van der Waals surface area contributed by atoms with Crippen LogP contribution >= 0.6 is 0 Å². The number of rotatable bonds is 3. The van der Waals surface area contributed by atoms with Crippen LogP contribution < -0.4 is 5.32 Å². The quantitative estimate of drug-likeness (QED) is 0.812. The first-order valence-electron chi connectivity index (χ1n) is 6.58. The van der Waals surface area contributed by atoms with E-state index in [2.05, 4.69) is 62.5 Å². The van der Waals surface area contributed by atoms with E-state index in [1.165, 1.54) is 33.2 Å². The molecule has 0 radical (unpaired) electrons. The van der Waals surface area contributed by atoms with Crippen LogP contribution in [-0.2, 0) is 6.42 Å². The molecule has 0 atom stereocenters. The minimum atomic E-state index is 1.07. The predicted octanol–water partition coefficient (Wildman–Crippen LogP) is 4.79. The Hall–Kier alpha value is -1.76. The van der Waals surface area contributed by atoms with Crippen molar-refractivity contribution in [2.45, 2.75) is 27.2 Å². The molecule has 2 aromatic rings. The fraction of sp³-hybridized carbons (Fsp3) is 0.294. The maximum absolute atomic E-state index is 3.27. The zero-order chi connectivity index (χ0) is 13.1. The van der Waals surface area contributed by atoms with Crippen molar-refractivity contribution >= 4 is 22.5 Å². The third kappa shape index (κ3) is 2.13. The van der Waals surface area contributed by atoms with Crippen LogP contribution in [0.4, 0.5) is 5.69 Å². The summed E-state index contributed by atoms with van der Waals surface area (Å²) in [6.07, 6.45) is 5.40. The van der Waals surface area contributed by atoms with Crippen LogP contribution in [0.2, 0.25) is 0 Å². The maximum Gasteiger partial charge on any atom is 0.0373 e. The van der Waals surface area contributed by atoms with Crippen molar-refractivity contribution in [2.24, 2.45) is 0 Å². The van der Waals surface area contributed by atoms with Crippen LogP contribution in [0.25, 0.3) is 16.8 Å². The highest BCUT2D eigenvalue weighted by atomic mass is 14.8. The van der Waals surface area contributed by atoms with E-state index >= 15 is 0 Å². The highest BCUT2D eigenvalue weighted by Gasteiger charge is 2.06. The molecular formula is C17H21N. The molecule has 0 unspecified atom stereocenters. The number of allylic oxidation sites excluding steroid dienone is 1. The average molecular weight is 239 g/mol. The average Bonchev–Trinajstić information content (AvgIpc) is 2.38. The van der Waals surface area contributed by atoms with Crippen molar-refractivity contribution in [3.63, 3.8) is 0 Å². The molecule has 0 bridgehead atoms. The first-order chi connectivity index (χ1) is 8.71. The van der Waals surface area contributed by atoms with Crippen molar-refractivity contribution in [2.75, 3.05) is 12.4 Å². The lowest BCUT2D eigenvalue weighted by Crippen LogP contribution is -1.94. The number of benzene rings is 2. The van der Waals surface area contributed by atoms with Gasteiger partial charge in [-0.05, 0) is 59.9 Å². The standard InChI is InChI=1S/C17H21N/c1-5-7-15-13(6-2)8-9-14-10-12(3)17(18-4)11-16(14)15/h5,7-11,18H,6H2,1-4H3/b7-5-. The van der Waals surface area contributed by atoms with Crippen molar-refractivity contribution in [1.82, 2.24) is 0 Å². The molecule has 0 saturated carbocycles. The van der Waals surface area contributed by atoms with Gasteiger partial charge in [0.1, 0.15) is 0 Å².